The molecule has 0 spiro atoms. The van der Waals surface area contributed by atoms with Crippen LogP contribution in [0.1, 0.15) is 65.0 Å². The van der Waals surface area contributed by atoms with E-state index < -0.39 is 23.7 Å². The summed E-state index contributed by atoms with van der Waals surface area (Å²) >= 11 is 0. The number of carbonyl (C=O) groups is 1. The Morgan fingerprint density at radius 3 is 2.65 bits per heavy atom. The number of benzene rings is 1. The van der Waals surface area contributed by atoms with Gasteiger partial charge in [-0.1, -0.05) is 18.6 Å². The van der Waals surface area contributed by atoms with Gasteiger partial charge in [0.2, 0.25) is 0 Å². The number of alkyl halides is 3. The van der Waals surface area contributed by atoms with Crippen LogP contribution in [0.5, 0.6) is 0 Å². The molecule has 0 N–H and O–H groups in total. The van der Waals surface area contributed by atoms with Crippen molar-refractivity contribution in [2.75, 3.05) is 24.5 Å². The van der Waals surface area contributed by atoms with Crippen LogP contribution in [-0.2, 0) is 6.18 Å². The first-order chi connectivity index (χ1) is 17.6. The lowest BCUT2D eigenvalue weighted by atomic mass is 9.96. The minimum atomic E-state index is -4.62. The van der Waals surface area contributed by atoms with Crippen molar-refractivity contribution in [3.05, 3.63) is 58.4 Å². The van der Waals surface area contributed by atoms with Gasteiger partial charge in [0.05, 0.1) is 34.8 Å². The Hall–Kier alpha value is -3.61. The fourth-order valence-corrected chi connectivity index (χ4v) is 5.53. The zero-order valence-corrected chi connectivity index (χ0v) is 21.1. The standard InChI is InChI=1S/C27H29F3N6O/c1-16-7-8-20(21(10-16)27(28,29)30)26(37)35-9-5-4-6-23(35)22-11-24-32-25(18(3)14-36(24)33-22)34-13-17(2)19(12-31)15-34/h7-8,10-11,14,17,19,23H,4-6,9,13,15H2,1-3H3/t17-,19+,23-/m0/s1. The number of nitriles is 1. The Morgan fingerprint density at radius 1 is 1.16 bits per heavy atom. The average molecular weight is 511 g/mol. The summed E-state index contributed by atoms with van der Waals surface area (Å²) < 4.78 is 43.0. The summed E-state index contributed by atoms with van der Waals surface area (Å²) in [6.45, 7) is 7.31. The molecular formula is C27H29F3N6O. The maximum absolute atomic E-state index is 13.8. The molecule has 3 atom stereocenters. The van der Waals surface area contributed by atoms with Crippen molar-refractivity contribution in [2.24, 2.45) is 11.8 Å². The number of carbonyl (C=O) groups excluding carboxylic acids is 1. The highest BCUT2D eigenvalue weighted by Crippen LogP contribution is 2.37. The van der Waals surface area contributed by atoms with Gasteiger partial charge in [0.1, 0.15) is 5.82 Å². The third-order valence-corrected chi connectivity index (χ3v) is 7.52. The summed E-state index contributed by atoms with van der Waals surface area (Å²) in [5, 5.41) is 14.1. The van der Waals surface area contributed by atoms with Crippen molar-refractivity contribution in [1.29, 1.82) is 5.26 Å². The molecule has 1 amide bonds. The number of amides is 1. The number of halogens is 3. The van der Waals surface area contributed by atoms with E-state index in [1.165, 1.54) is 17.0 Å². The molecular weight excluding hydrogens is 481 g/mol. The SMILES string of the molecule is Cc1ccc(C(=O)N2CCCC[C@H]2c2cc3nc(N4C[C@@H](C#N)[C@@H](C)C4)c(C)cn3n2)c(C(F)(F)F)c1. The lowest BCUT2D eigenvalue weighted by Crippen LogP contribution is -2.39. The lowest BCUT2D eigenvalue weighted by Gasteiger charge is -2.35. The monoisotopic (exact) mass is 510 g/mol. The Morgan fingerprint density at radius 2 is 1.95 bits per heavy atom. The van der Waals surface area contributed by atoms with E-state index in [1.807, 2.05) is 19.2 Å². The first kappa shape index (κ1) is 25.1. The van der Waals surface area contributed by atoms with Gasteiger partial charge < -0.3 is 9.80 Å². The minimum absolute atomic E-state index is 0.0527. The van der Waals surface area contributed by atoms with Gasteiger partial charge in [-0.3, -0.25) is 4.79 Å². The van der Waals surface area contributed by atoms with Gasteiger partial charge in [-0.2, -0.15) is 23.5 Å². The van der Waals surface area contributed by atoms with Gasteiger partial charge >= 0.3 is 6.18 Å². The summed E-state index contributed by atoms with van der Waals surface area (Å²) in [6, 6.07) is 7.59. The van der Waals surface area contributed by atoms with Gasteiger partial charge in [0.15, 0.2) is 5.65 Å². The smallest absolute Gasteiger partial charge is 0.355 e. The van der Waals surface area contributed by atoms with E-state index in [2.05, 4.69) is 23.0 Å². The fourth-order valence-electron chi connectivity index (χ4n) is 5.53. The zero-order chi connectivity index (χ0) is 26.5. The van der Waals surface area contributed by atoms with Gasteiger partial charge in [0, 0.05) is 37.5 Å². The fraction of sp³-hybridized carbons (Fsp3) is 0.481. The summed E-state index contributed by atoms with van der Waals surface area (Å²) in [5.74, 6) is 0.359. The Bertz CT molecular complexity index is 1390. The molecule has 2 aliphatic heterocycles. The average Bonchev–Trinajstić information content (AvgIpc) is 3.44. The molecule has 0 aliphatic carbocycles. The summed E-state index contributed by atoms with van der Waals surface area (Å²) in [6.07, 6.45) is -0.565. The molecule has 0 radical (unpaired) electrons. The van der Waals surface area contributed by atoms with Gasteiger partial charge in [-0.15, -0.1) is 0 Å². The predicted molar refractivity (Wildman–Crippen MR) is 132 cm³/mol. The van der Waals surface area contributed by atoms with Crippen LogP contribution in [0.3, 0.4) is 0 Å². The molecule has 2 aromatic heterocycles. The van der Waals surface area contributed by atoms with E-state index in [9.17, 15) is 23.2 Å². The van der Waals surface area contributed by atoms with E-state index in [1.54, 1.807) is 11.4 Å². The third kappa shape index (κ3) is 4.63. The van der Waals surface area contributed by atoms with Gasteiger partial charge in [0.25, 0.3) is 5.91 Å². The first-order valence-corrected chi connectivity index (χ1v) is 12.6. The molecule has 2 saturated heterocycles. The van der Waals surface area contributed by atoms with Crippen LogP contribution >= 0.6 is 0 Å². The van der Waals surface area contributed by atoms with Crippen molar-refractivity contribution in [3.8, 4) is 6.07 Å². The molecule has 0 saturated carbocycles. The molecule has 5 rings (SSSR count). The van der Waals surface area contributed by atoms with Crippen molar-refractivity contribution in [3.63, 3.8) is 0 Å². The number of nitrogens with zero attached hydrogens (tertiary/aromatic N) is 6. The van der Waals surface area contributed by atoms with E-state index >= 15 is 0 Å². The van der Waals surface area contributed by atoms with Gasteiger partial charge in [-0.05, 0) is 51.2 Å². The highest BCUT2D eigenvalue weighted by molar-refractivity contribution is 5.96. The summed E-state index contributed by atoms with van der Waals surface area (Å²) in [4.78, 5) is 22.0. The van der Waals surface area contributed by atoms with E-state index in [0.717, 1.165) is 36.8 Å². The van der Waals surface area contributed by atoms with Crippen LogP contribution in [0.25, 0.3) is 5.65 Å². The molecule has 0 unspecified atom stereocenters. The number of fused-ring (bicyclic) bond motifs is 1. The number of aromatic nitrogens is 3. The molecule has 4 heterocycles. The molecule has 194 valence electrons. The number of aryl methyl sites for hydroxylation is 2. The highest BCUT2D eigenvalue weighted by atomic mass is 19.4. The van der Waals surface area contributed by atoms with Crippen LogP contribution in [0.15, 0.2) is 30.5 Å². The molecule has 3 aromatic rings. The van der Waals surface area contributed by atoms with E-state index in [-0.39, 0.29) is 17.4 Å². The van der Waals surface area contributed by atoms with Crippen LogP contribution in [0.2, 0.25) is 0 Å². The Labute approximate surface area is 213 Å². The number of hydrogen-bond donors (Lipinski definition) is 0. The van der Waals surface area contributed by atoms with Crippen molar-refractivity contribution in [1.82, 2.24) is 19.5 Å². The summed E-state index contributed by atoms with van der Waals surface area (Å²) in [5.41, 5.74) is 1.34. The number of piperidine rings is 1. The zero-order valence-electron chi connectivity index (χ0n) is 21.1. The van der Waals surface area contributed by atoms with Crippen molar-refractivity contribution < 1.29 is 18.0 Å². The normalized spacial score (nSPS) is 22.5. The van der Waals surface area contributed by atoms with E-state index in [0.29, 0.717) is 36.4 Å². The van der Waals surface area contributed by atoms with E-state index in [4.69, 9.17) is 4.98 Å². The second-order valence-electron chi connectivity index (χ2n) is 10.3. The molecule has 2 aliphatic rings. The maximum atomic E-state index is 13.8. The molecule has 10 heteroatoms. The van der Waals surface area contributed by atoms with Crippen LogP contribution in [-0.4, -0.2) is 45.0 Å². The summed E-state index contributed by atoms with van der Waals surface area (Å²) in [7, 11) is 0. The number of anilines is 1. The first-order valence-electron chi connectivity index (χ1n) is 12.6. The minimum Gasteiger partial charge on any atom is -0.355 e. The predicted octanol–water partition coefficient (Wildman–Crippen LogP) is 5.33. The lowest BCUT2D eigenvalue weighted by molar-refractivity contribution is -0.138. The molecule has 0 bridgehead atoms. The topological polar surface area (TPSA) is 77.5 Å². The quantitative estimate of drug-likeness (QED) is 0.476. The number of likely N-dealkylation sites (tertiary alicyclic amines) is 1. The molecule has 7 nitrogen and oxygen atoms in total. The second-order valence-corrected chi connectivity index (χ2v) is 10.3. The van der Waals surface area contributed by atoms with Crippen molar-refractivity contribution in [2.45, 2.75) is 52.3 Å². The molecule has 1 aromatic carbocycles. The molecule has 2 fully saturated rings. The van der Waals surface area contributed by atoms with Gasteiger partial charge in [-0.25, -0.2) is 9.50 Å². The maximum Gasteiger partial charge on any atom is 0.417 e. The Balaban J connectivity index is 1.48. The number of hydrogen-bond acceptors (Lipinski definition) is 5. The largest absolute Gasteiger partial charge is 0.417 e. The van der Waals surface area contributed by atoms with Crippen molar-refractivity contribution >= 4 is 17.4 Å². The highest BCUT2D eigenvalue weighted by Gasteiger charge is 2.39. The Kier molecular flexibility index (Phi) is 6.34. The number of rotatable bonds is 3. The van der Waals surface area contributed by atoms with Crippen LogP contribution in [0.4, 0.5) is 19.0 Å². The molecule has 37 heavy (non-hydrogen) atoms. The third-order valence-electron chi connectivity index (χ3n) is 7.52. The second kappa shape index (κ2) is 9.36. The van der Waals surface area contributed by atoms with Crippen LogP contribution < -0.4 is 4.90 Å². The van der Waals surface area contributed by atoms with Crippen LogP contribution in [0, 0.1) is 37.0 Å².